The number of carbonyl (C=O) groups is 2. The number of hydrogen-bond donors (Lipinski definition) is 2. The topological polar surface area (TPSA) is 61.4 Å². The quantitative estimate of drug-likeness (QED) is 0.380. The van der Waals surface area contributed by atoms with Crippen molar-refractivity contribution in [3.8, 4) is 0 Å². The van der Waals surface area contributed by atoms with Gasteiger partial charge in [0.2, 0.25) is 0 Å². The predicted octanol–water partition coefficient (Wildman–Crippen LogP) is 5.90. The van der Waals surface area contributed by atoms with Crippen molar-refractivity contribution in [3.63, 3.8) is 0 Å². The first-order valence-corrected chi connectivity index (χ1v) is 9.77. The zero-order valence-corrected chi connectivity index (χ0v) is 25.6. The fourth-order valence-electron chi connectivity index (χ4n) is 2.52. The summed E-state index contributed by atoms with van der Waals surface area (Å²) in [4.78, 5) is 24.9. The van der Waals surface area contributed by atoms with E-state index in [1.165, 1.54) is 24.3 Å². The molecular weight excluding hydrogens is 686 g/mol. The maximum absolute atomic E-state index is 14.5. The van der Waals surface area contributed by atoms with Crippen LogP contribution in [0.4, 0.5) is 29.3 Å². The van der Waals surface area contributed by atoms with E-state index < -0.39 is 29.7 Å². The van der Waals surface area contributed by atoms with Crippen LogP contribution in [0, 0.1) is 32.7 Å². The third-order valence-corrected chi connectivity index (χ3v) is 3.76. The second kappa shape index (κ2) is 12.6. The maximum Gasteiger partial charge on any atom is 0.308 e. The van der Waals surface area contributed by atoms with Crippen LogP contribution in [0.1, 0.15) is 44.7 Å². The first kappa shape index (κ1) is 28.8. The SMILES string of the molecule is [CH2-]C(=O)N(Cc1cccc(C(F)F)c1)c1[c-]cc(NC(=O)NC(C)(C)C)c(F)c1.[CH2-]C[CH2-].[Rf]. The Bertz CT molecular complexity index is 918. The van der Waals surface area contributed by atoms with Crippen LogP contribution in [0.25, 0.3) is 0 Å². The van der Waals surface area contributed by atoms with E-state index in [-0.39, 0.29) is 23.5 Å². The van der Waals surface area contributed by atoms with E-state index in [1.807, 2.05) is 0 Å². The van der Waals surface area contributed by atoms with E-state index in [9.17, 15) is 22.8 Å². The Kier molecular flexibility index (Phi) is 11.0. The molecule has 2 aromatic rings. The van der Waals surface area contributed by atoms with Crippen molar-refractivity contribution in [1.82, 2.24) is 5.32 Å². The molecule has 2 N–H and O–H groups in total. The summed E-state index contributed by atoms with van der Waals surface area (Å²) in [6.45, 7) is 15.3. The van der Waals surface area contributed by atoms with Crippen LogP contribution in [0.15, 0.2) is 36.4 Å². The Balaban J connectivity index is 0.00000242. The number of urea groups is 1. The predicted molar refractivity (Wildman–Crippen MR) is 120 cm³/mol. The molecule has 0 saturated heterocycles. The Hall–Kier alpha value is -4.16. The molecule has 0 aromatic heterocycles. The van der Waals surface area contributed by atoms with E-state index in [0.717, 1.165) is 17.4 Å². The monoisotopic (exact) mass is 714 g/mol. The number of alkyl halides is 2. The average Bonchev–Trinajstić information content (AvgIpc) is 2.67. The van der Waals surface area contributed by atoms with Crippen LogP contribution in [-0.2, 0) is 11.3 Å². The van der Waals surface area contributed by atoms with Gasteiger partial charge in [-0.05, 0) is 38.1 Å². The molecule has 3 amide bonds. The molecule has 33 heavy (non-hydrogen) atoms. The van der Waals surface area contributed by atoms with Crippen molar-refractivity contribution in [2.24, 2.45) is 0 Å². The minimum atomic E-state index is -2.65. The summed E-state index contributed by atoms with van der Waals surface area (Å²) in [7, 11) is 0. The number of nitrogens with one attached hydrogen (secondary N) is 2. The number of nitrogens with zero attached hydrogens (tertiary/aromatic N) is 1. The second-order valence-corrected chi connectivity index (χ2v) is 7.79. The minimum Gasteiger partial charge on any atom is -0.372 e. The van der Waals surface area contributed by atoms with Crippen LogP contribution in [0.2, 0.25) is 0 Å². The van der Waals surface area contributed by atoms with E-state index >= 15 is 0 Å². The summed E-state index contributed by atoms with van der Waals surface area (Å²) in [5.41, 5.74) is -0.314. The molecule has 0 atom stereocenters. The zero-order valence-electron chi connectivity index (χ0n) is 19.2. The van der Waals surface area contributed by atoms with Gasteiger partial charge in [-0.25, -0.2) is 18.0 Å². The van der Waals surface area contributed by atoms with Gasteiger partial charge in [0.25, 0.3) is 6.43 Å². The standard InChI is InChI=1S/C21H22F3N3O2.C3H6.Rf/c1-13(28)27(12-14-6-5-7-15(10-14)19(23)24)16-8-9-18(17(22)11-16)25-20(29)26-21(2,3)4;1-3-2;/h5-7,9-11,19H,1,12H2,2-4H3,(H2,25,26,29);1-3H2;/q2*-2;. The van der Waals surface area contributed by atoms with Crippen molar-refractivity contribution in [2.75, 3.05) is 10.2 Å². The zero-order chi connectivity index (χ0) is 24.5. The van der Waals surface area contributed by atoms with Gasteiger partial charge < -0.3 is 47.5 Å². The summed E-state index contributed by atoms with van der Waals surface area (Å²) in [5.74, 6) is -1.44. The molecule has 0 fully saturated rings. The third-order valence-electron chi connectivity index (χ3n) is 3.76. The van der Waals surface area contributed by atoms with Crippen LogP contribution < -0.4 is 15.5 Å². The number of hydrogen-bond acceptors (Lipinski definition) is 2. The number of halogens is 3. The van der Waals surface area contributed by atoms with Gasteiger partial charge in [0.15, 0.2) is 0 Å². The van der Waals surface area contributed by atoms with Crippen LogP contribution in [-0.4, -0.2) is 17.5 Å². The first-order chi connectivity index (χ1) is 14.9. The third kappa shape index (κ3) is 9.67. The molecule has 0 heterocycles. The second-order valence-electron chi connectivity index (χ2n) is 7.79. The Morgan fingerprint density at radius 3 is 2.27 bits per heavy atom. The summed E-state index contributed by atoms with van der Waals surface area (Å²) in [5, 5.41) is 5.00. The van der Waals surface area contributed by atoms with Gasteiger partial charge in [-0.15, -0.1) is 12.1 Å². The number of amides is 3. The van der Waals surface area contributed by atoms with Crippen LogP contribution >= 0.6 is 0 Å². The summed E-state index contributed by atoms with van der Waals surface area (Å²) < 4.78 is 40.2. The molecule has 0 aliphatic carbocycles. The molecule has 0 radical (unpaired) electrons. The molecule has 9 heteroatoms. The Morgan fingerprint density at radius 1 is 1.18 bits per heavy atom. The normalized spacial score (nSPS) is 10.5. The first-order valence-electron chi connectivity index (χ1n) is 9.77. The van der Waals surface area contributed by atoms with E-state index in [1.54, 1.807) is 26.8 Å². The van der Waals surface area contributed by atoms with Crippen molar-refractivity contribution in [1.29, 1.82) is 0 Å². The fraction of sp³-hybridized carbons (Fsp3) is 0.292. The number of benzene rings is 2. The Morgan fingerprint density at radius 2 is 1.79 bits per heavy atom. The molecule has 0 spiro atoms. The van der Waals surface area contributed by atoms with Crippen LogP contribution in [0.3, 0.4) is 0 Å². The van der Waals surface area contributed by atoms with Crippen molar-refractivity contribution in [2.45, 2.75) is 45.7 Å². The minimum absolute atomic E-state index is 0. The number of rotatable bonds is 5. The molecule has 0 aliphatic rings. The van der Waals surface area contributed by atoms with E-state index in [2.05, 4.69) is 37.5 Å². The molecule has 2 aromatic carbocycles. The fourth-order valence-corrected chi connectivity index (χ4v) is 2.52. The molecule has 2 rings (SSSR count). The molecule has 0 aliphatic heterocycles. The van der Waals surface area contributed by atoms with Gasteiger partial charge in [-0.1, -0.05) is 23.9 Å². The van der Waals surface area contributed by atoms with Gasteiger partial charge in [0.1, 0.15) is 0 Å². The van der Waals surface area contributed by atoms with Crippen molar-refractivity contribution in [3.05, 3.63) is 80.2 Å². The van der Waals surface area contributed by atoms with Gasteiger partial charge in [-0.3, -0.25) is 0 Å². The number of anilines is 2. The van der Waals surface area contributed by atoms with Gasteiger partial charge in [-0.2, -0.15) is 6.07 Å². The van der Waals surface area contributed by atoms with Gasteiger partial charge in [0, 0.05) is 23.5 Å². The van der Waals surface area contributed by atoms with Crippen LogP contribution in [0.5, 0.6) is 0 Å². The molecule has 5 nitrogen and oxygen atoms in total. The van der Waals surface area contributed by atoms with Crippen molar-refractivity contribution < 1.29 is 22.8 Å². The average molecular weight is 715 g/mol. The summed E-state index contributed by atoms with van der Waals surface area (Å²) >= 11 is 0. The molecule has 178 valence electrons. The molecular formula is C24H28F3N3O2Rf-4. The molecule has 0 unspecified atom stereocenters. The number of carbonyl (C=O) groups excluding carboxylic acids is 2. The van der Waals surface area contributed by atoms with Gasteiger partial charge >= 0.3 is 6.03 Å². The molecule has 0 saturated carbocycles. The maximum atomic E-state index is 14.5. The van der Waals surface area contributed by atoms with Crippen molar-refractivity contribution >= 4 is 23.3 Å². The largest absolute Gasteiger partial charge is 0.372 e. The summed E-state index contributed by atoms with van der Waals surface area (Å²) in [6.07, 6.45) is -1.90. The van der Waals surface area contributed by atoms with E-state index in [4.69, 9.17) is 0 Å². The Labute approximate surface area is 188 Å². The van der Waals surface area contributed by atoms with Gasteiger partial charge in [0.05, 0.1) is 5.91 Å². The smallest absolute Gasteiger partial charge is 0.308 e. The van der Waals surface area contributed by atoms with E-state index in [0.29, 0.717) is 5.56 Å². The summed E-state index contributed by atoms with van der Waals surface area (Å²) in [6, 6.07) is 9.91. The molecule has 0 bridgehead atoms.